The van der Waals surface area contributed by atoms with Crippen LogP contribution >= 0.6 is 0 Å². The van der Waals surface area contributed by atoms with Crippen LogP contribution in [0.2, 0.25) is 0 Å². The number of nitrogens with one attached hydrogen (secondary N) is 1. The van der Waals surface area contributed by atoms with Gasteiger partial charge in [0.1, 0.15) is 0 Å². The molecule has 1 fully saturated rings. The first-order valence-corrected chi connectivity index (χ1v) is 7.55. The first-order chi connectivity index (χ1) is 9.83. The number of hydrogen-bond acceptors (Lipinski definition) is 3. The van der Waals surface area contributed by atoms with Crippen molar-refractivity contribution in [2.75, 3.05) is 26.7 Å². The summed E-state index contributed by atoms with van der Waals surface area (Å²) in [7, 11) is 2.22. The van der Waals surface area contributed by atoms with E-state index < -0.39 is 0 Å². The molecule has 2 aromatic rings. The van der Waals surface area contributed by atoms with Crippen LogP contribution in [-0.4, -0.2) is 36.6 Å². The van der Waals surface area contributed by atoms with Crippen LogP contribution in [0, 0.1) is 5.92 Å². The van der Waals surface area contributed by atoms with Crippen LogP contribution in [0.15, 0.2) is 36.5 Å². The Labute approximate surface area is 121 Å². The summed E-state index contributed by atoms with van der Waals surface area (Å²) in [5.41, 5.74) is 2.43. The fraction of sp³-hybridized carbons (Fsp3) is 0.471. The predicted octanol–water partition coefficient (Wildman–Crippen LogP) is 2.67. The maximum atomic E-state index is 4.42. The SMILES string of the molecule is CN1CCCC(CNCc2ccnc3ccccc23)C1. The van der Waals surface area contributed by atoms with E-state index in [1.165, 1.54) is 36.9 Å². The highest BCUT2D eigenvalue weighted by Gasteiger charge is 2.16. The largest absolute Gasteiger partial charge is 0.312 e. The molecule has 0 aliphatic carbocycles. The molecule has 1 atom stereocenters. The molecule has 0 bridgehead atoms. The van der Waals surface area contributed by atoms with Crippen LogP contribution in [0.4, 0.5) is 0 Å². The molecule has 106 valence electrons. The molecule has 1 aliphatic rings. The van der Waals surface area contributed by atoms with E-state index >= 15 is 0 Å². The van der Waals surface area contributed by atoms with Gasteiger partial charge in [-0.05, 0) is 56.6 Å². The maximum Gasteiger partial charge on any atom is 0.0705 e. The normalized spacial score (nSPS) is 20.4. The quantitative estimate of drug-likeness (QED) is 0.925. The molecule has 1 aromatic heterocycles. The smallest absolute Gasteiger partial charge is 0.0705 e. The van der Waals surface area contributed by atoms with Gasteiger partial charge in [-0.1, -0.05) is 18.2 Å². The van der Waals surface area contributed by atoms with Gasteiger partial charge in [0.2, 0.25) is 0 Å². The van der Waals surface area contributed by atoms with Gasteiger partial charge in [-0.3, -0.25) is 4.98 Å². The third-order valence-corrected chi connectivity index (χ3v) is 4.21. The van der Waals surface area contributed by atoms with E-state index in [1.54, 1.807) is 0 Å². The third kappa shape index (κ3) is 3.17. The van der Waals surface area contributed by atoms with Crippen molar-refractivity contribution in [3.63, 3.8) is 0 Å². The number of aromatic nitrogens is 1. The third-order valence-electron chi connectivity index (χ3n) is 4.21. The summed E-state index contributed by atoms with van der Waals surface area (Å²) in [5, 5.41) is 4.90. The molecular formula is C17H23N3. The Hall–Kier alpha value is -1.45. The van der Waals surface area contributed by atoms with Crippen LogP contribution in [0.3, 0.4) is 0 Å². The second kappa shape index (κ2) is 6.33. The van der Waals surface area contributed by atoms with Gasteiger partial charge in [0.25, 0.3) is 0 Å². The van der Waals surface area contributed by atoms with Gasteiger partial charge >= 0.3 is 0 Å². The molecule has 3 heteroatoms. The Morgan fingerprint density at radius 1 is 1.30 bits per heavy atom. The molecule has 3 nitrogen and oxygen atoms in total. The van der Waals surface area contributed by atoms with Gasteiger partial charge < -0.3 is 10.2 Å². The van der Waals surface area contributed by atoms with Crippen LogP contribution in [0.5, 0.6) is 0 Å². The zero-order chi connectivity index (χ0) is 13.8. The van der Waals surface area contributed by atoms with Crippen molar-refractivity contribution in [2.24, 2.45) is 5.92 Å². The summed E-state index contributed by atoms with van der Waals surface area (Å²) in [5.74, 6) is 0.793. The fourth-order valence-corrected chi connectivity index (χ4v) is 3.16. The Morgan fingerprint density at radius 2 is 2.20 bits per heavy atom. The van der Waals surface area contributed by atoms with E-state index in [-0.39, 0.29) is 0 Å². The first kappa shape index (κ1) is 13.5. The van der Waals surface area contributed by atoms with Crippen LogP contribution in [-0.2, 0) is 6.54 Å². The van der Waals surface area contributed by atoms with Crippen molar-refractivity contribution in [3.8, 4) is 0 Å². The number of likely N-dealkylation sites (tertiary alicyclic amines) is 1. The van der Waals surface area contributed by atoms with Gasteiger partial charge in [-0.2, -0.15) is 0 Å². The lowest BCUT2D eigenvalue weighted by Gasteiger charge is -2.29. The summed E-state index contributed by atoms with van der Waals surface area (Å²) in [4.78, 5) is 6.86. The second-order valence-corrected chi connectivity index (χ2v) is 5.89. The van der Waals surface area contributed by atoms with Gasteiger partial charge in [-0.15, -0.1) is 0 Å². The minimum atomic E-state index is 0.793. The molecule has 1 unspecified atom stereocenters. The molecule has 20 heavy (non-hydrogen) atoms. The summed E-state index contributed by atoms with van der Waals surface area (Å²) < 4.78 is 0. The number of para-hydroxylation sites is 1. The van der Waals surface area contributed by atoms with E-state index in [9.17, 15) is 0 Å². The standard InChI is InChI=1S/C17H23N3/c1-20-10-4-5-14(13-20)11-18-12-15-8-9-19-17-7-3-2-6-16(15)17/h2-3,6-9,14,18H,4-5,10-13H2,1H3. The molecule has 1 N–H and O–H groups in total. The number of piperidine rings is 1. The molecule has 1 aliphatic heterocycles. The maximum absolute atomic E-state index is 4.42. The lowest BCUT2D eigenvalue weighted by molar-refractivity contribution is 0.206. The van der Waals surface area contributed by atoms with E-state index in [0.29, 0.717) is 0 Å². The average Bonchev–Trinajstić information content (AvgIpc) is 2.48. The molecule has 0 amide bonds. The molecule has 3 rings (SSSR count). The molecule has 1 saturated heterocycles. The van der Waals surface area contributed by atoms with Gasteiger partial charge in [0.15, 0.2) is 0 Å². The van der Waals surface area contributed by atoms with Crippen LogP contribution in [0.25, 0.3) is 10.9 Å². The van der Waals surface area contributed by atoms with Crippen LogP contribution < -0.4 is 5.32 Å². The van der Waals surface area contributed by atoms with Crippen molar-refractivity contribution >= 4 is 10.9 Å². The first-order valence-electron chi connectivity index (χ1n) is 7.55. The van der Waals surface area contributed by atoms with Gasteiger partial charge in [0.05, 0.1) is 5.52 Å². The number of fused-ring (bicyclic) bond motifs is 1. The monoisotopic (exact) mass is 269 g/mol. The lowest BCUT2D eigenvalue weighted by Crippen LogP contribution is -2.37. The predicted molar refractivity (Wildman–Crippen MR) is 83.7 cm³/mol. The Kier molecular flexibility index (Phi) is 4.28. The average molecular weight is 269 g/mol. The molecule has 2 heterocycles. The number of hydrogen-bond donors (Lipinski definition) is 1. The summed E-state index contributed by atoms with van der Waals surface area (Å²) in [6, 6.07) is 10.5. The second-order valence-electron chi connectivity index (χ2n) is 5.89. The number of pyridine rings is 1. The summed E-state index contributed by atoms with van der Waals surface area (Å²) in [6.45, 7) is 4.53. The van der Waals surface area contributed by atoms with Crippen molar-refractivity contribution in [1.82, 2.24) is 15.2 Å². The van der Waals surface area contributed by atoms with Crippen molar-refractivity contribution in [3.05, 3.63) is 42.1 Å². The van der Waals surface area contributed by atoms with E-state index in [4.69, 9.17) is 0 Å². The Morgan fingerprint density at radius 3 is 3.10 bits per heavy atom. The van der Waals surface area contributed by atoms with E-state index in [1.807, 2.05) is 12.3 Å². The van der Waals surface area contributed by atoms with E-state index in [2.05, 4.69) is 46.5 Å². The Bertz CT molecular complexity index is 562. The summed E-state index contributed by atoms with van der Waals surface area (Å²) >= 11 is 0. The fourth-order valence-electron chi connectivity index (χ4n) is 3.16. The lowest BCUT2D eigenvalue weighted by atomic mass is 9.98. The van der Waals surface area contributed by atoms with E-state index in [0.717, 1.165) is 24.5 Å². The van der Waals surface area contributed by atoms with Crippen LogP contribution in [0.1, 0.15) is 18.4 Å². The molecule has 0 radical (unpaired) electrons. The number of nitrogens with zero attached hydrogens (tertiary/aromatic N) is 2. The highest BCUT2D eigenvalue weighted by Crippen LogP contribution is 2.17. The molecule has 1 aromatic carbocycles. The van der Waals surface area contributed by atoms with Gasteiger partial charge in [-0.25, -0.2) is 0 Å². The minimum Gasteiger partial charge on any atom is -0.312 e. The summed E-state index contributed by atoms with van der Waals surface area (Å²) in [6.07, 6.45) is 4.60. The topological polar surface area (TPSA) is 28.2 Å². The highest BCUT2D eigenvalue weighted by molar-refractivity contribution is 5.81. The number of benzene rings is 1. The van der Waals surface area contributed by atoms with Crippen molar-refractivity contribution in [2.45, 2.75) is 19.4 Å². The highest BCUT2D eigenvalue weighted by atomic mass is 15.1. The molecular weight excluding hydrogens is 246 g/mol. The van der Waals surface area contributed by atoms with Gasteiger partial charge in [0, 0.05) is 24.7 Å². The zero-order valence-electron chi connectivity index (χ0n) is 12.2. The van der Waals surface area contributed by atoms with Crippen molar-refractivity contribution in [1.29, 1.82) is 0 Å². The molecule has 0 saturated carbocycles. The molecule has 0 spiro atoms. The minimum absolute atomic E-state index is 0.793. The number of rotatable bonds is 4. The Balaban J connectivity index is 1.60. The van der Waals surface area contributed by atoms with Crippen molar-refractivity contribution < 1.29 is 0 Å². The zero-order valence-corrected chi connectivity index (χ0v) is 12.2.